The van der Waals surface area contributed by atoms with Crippen LogP contribution in [0.15, 0.2) is 6.07 Å². The summed E-state index contributed by atoms with van der Waals surface area (Å²) >= 11 is 7.74. The Morgan fingerprint density at radius 3 is 3.06 bits per heavy atom. The number of rotatable bonds is 4. The second kappa shape index (κ2) is 4.65. The van der Waals surface area contributed by atoms with Crippen LogP contribution < -0.4 is 5.32 Å². The predicted octanol–water partition coefficient (Wildman–Crippen LogP) is 3.40. The fourth-order valence-electron chi connectivity index (χ4n) is 1.98. The molecule has 2 nitrogen and oxygen atoms in total. The highest BCUT2D eigenvalue weighted by atomic mass is 35.5. The number of hydrogen-bond acceptors (Lipinski definition) is 3. The van der Waals surface area contributed by atoms with Crippen LogP contribution in [0.1, 0.15) is 36.8 Å². The van der Waals surface area contributed by atoms with Crippen molar-refractivity contribution in [1.82, 2.24) is 5.32 Å². The van der Waals surface area contributed by atoms with Gasteiger partial charge in [-0.3, -0.25) is 0 Å². The molecule has 4 heteroatoms. The number of halogens is 1. The van der Waals surface area contributed by atoms with Gasteiger partial charge in [-0.25, -0.2) is 0 Å². The van der Waals surface area contributed by atoms with Crippen LogP contribution >= 0.6 is 22.9 Å². The van der Waals surface area contributed by atoms with Crippen LogP contribution in [0.4, 0.5) is 0 Å². The highest BCUT2D eigenvalue weighted by Gasteiger charge is 2.26. The van der Waals surface area contributed by atoms with Crippen molar-refractivity contribution in [3.63, 3.8) is 0 Å². The van der Waals surface area contributed by atoms with Crippen LogP contribution in [-0.2, 0) is 11.2 Å². The summed E-state index contributed by atoms with van der Waals surface area (Å²) in [7, 11) is 1.75. The first kappa shape index (κ1) is 12.4. The molecule has 0 amide bonds. The monoisotopic (exact) mass is 259 g/mol. The molecule has 0 radical (unpaired) electrons. The maximum Gasteiger partial charge on any atom is 0.0934 e. The van der Waals surface area contributed by atoms with Gasteiger partial charge >= 0.3 is 0 Å². The van der Waals surface area contributed by atoms with Crippen molar-refractivity contribution < 1.29 is 4.74 Å². The van der Waals surface area contributed by atoms with Crippen LogP contribution in [0.5, 0.6) is 0 Å². The fourth-order valence-corrected chi connectivity index (χ4v) is 3.34. The van der Waals surface area contributed by atoms with Gasteiger partial charge in [-0.05, 0) is 38.3 Å². The van der Waals surface area contributed by atoms with Crippen molar-refractivity contribution in [3.8, 4) is 0 Å². The SMILES string of the molecule is COC(C)(C)CNC1CCc2sc(Cl)cc21. The number of fused-ring (bicyclic) bond motifs is 1. The van der Waals surface area contributed by atoms with Gasteiger partial charge in [-0.15, -0.1) is 11.3 Å². The summed E-state index contributed by atoms with van der Waals surface area (Å²) in [6, 6.07) is 2.56. The van der Waals surface area contributed by atoms with Crippen LogP contribution in [0, 0.1) is 0 Å². The number of thiophene rings is 1. The Labute approximate surface area is 106 Å². The van der Waals surface area contributed by atoms with Crippen LogP contribution in [0.2, 0.25) is 4.34 Å². The molecular formula is C12H18ClNOS. The van der Waals surface area contributed by atoms with Gasteiger partial charge in [0.2, 0.25) is 0 Å². The van der Waals surface area contributed by atoms with Crippen molar-refractivity contribution in [2.24, 2.45) is 0 Å². The van der Waals surface area contributed by atoms with Crippen molar-refractivity contribution >= 4 is 22.9 Å². The molecule has 0 saturated carbocycles. The lowest BCUT2D eigenvalue weighted by Gasteiger charge is -2.25. The van der Waals surface area contributed by atoms with E-state index in [4.69, 9.17) is 16.3 Å². The number of ether oxygens (including phenoxy) is 1. The highest BCUT2D eigenvalue weighted by molar-refractivity contribution is 7.16. The molecule has 1 N–H and O–H groups in total. The fraction of sp³-hybridized carbons (Fsp3) is 0.667. The van der Waals surface area contributed by atoms with Gasteiger partial charge in [-0.2, -0.15) is 0 Å². The third kappa shape index (κ3) is 2.59. The molecule has 0 aliphatic heterocycles. The van der Waals surface area contributed by atoms with E-state index < -0.39 is 0 Å². The van der Waals surface area contributed by atoms with Gasteiger partial charge in [0.15, 0.2) is 0 Å². The van der Waals surface area contributed by atoms with Gasteiger partial charge < -0.3 is 10.1 Å². The van der Waals surface area contributed by atoms with Gasteiger partial charge in [0.05, 0.1) is 9.94 Å². The summed E-state index contributed by atoms with van der Waals surface area (Å²) in [6.45, 7) is 5.05. The number of methoxy groups -OCH3 is 1. The third-order valence-electron chi connectivity index (χ3n) is 3.17. The van der Waals surface area contributed by atoms with Gasteiger partial charge in [0, 0.05) is 24.6 Å². The number of nitrogens with one attached hydrogen (secondary N) is 1. The molecule has 1 aliphatic rings. The molecular weight excluding hydrogens is 242 g/mol. The summed E-state index contributed by atoms with van der Waals surface area (Å²) in [4.78, 5) is 1.44. The summed E-state index contributed by atoms with van der Waals surface area (Å²) in [5.41, 5.74) is 1.28. The lowest BCUT2D eigenvalue weighted by Crippen LogP contribution is -2.38. The molecule has 0 fully saturated rings. The molecule has 0 spiro atoms. The summed E-state index contributed by atoms with van der Waals surface area (Å²) in [5, 5.41) is 3.57. The number of aryl methyl sites for hydroxylation is 1. The van der Waals surface area contributed by atoms with Crippen molar-refractivity contribution in [2.75, 3.05) is 13.7 Å². The van der Waals surface area contributed by atoms with Gasteiger partial charge in [-0.1, -0.05) is 11.6 Å². The molecule has 90 valence electrons. The molecule has 1 aromatic rings. The van der Waals surface area contributed by atoms with Gasteiger partial charge in [0.25, 0.3) is 0 Å². The Balaban J connectivity index is 1.98. The smallest absolute Gasteiger partial charge is 0.0934 e. The Morgan fingerprint density at radius 2 is 2.38 bits per heavy atom. The first-order chi connectivity index (χ1) is 7.52. The topological polar surface area (TPSA) is 21.3 Å². The first-order valence-electron chi connectivity index (χ1n) is 5.58. The van der Waals surface area contributed by atoms with E-state index in [1.54, 1.807) is 18.4 Å². The zero-order valence-electron chi connectivity index (χ0n) is 9.97. The van der Waals surface area contributed by atoms with E-state index in [-0.39, 0.29) is 5.60 Å². The molecule has 2 rings (SSSR count). The second-order valence-corrected chi connectivity index (χ2v) is 6.63. The van der Waals surface area contributed by atoms with Crippen LogP contribution in [0.3, 0.4) is 0 Å². The van der Waals surface area contributed by atoms with E-state index in [0.29, 0.717) is 6.04 Å². The second-order valence-electron chi connectivity index (χ2n) is 4.87. The van der Waals surface area contributed by atoms with E-state index in [2.05, 4.69) is 25.2 Å². The van der Waals surface area contributed by atoms with Crippen molar-refractivity contribution in [2.45, 2.75) is 38.3 Å². The quantitative estimate of drug-likeness (QED) is 0.895. The minimum atomic E-state index is -0.109. The Hall–Kier alpha value is -0.0900. The average molecular weight is 260 g/mol. The number of hydrogen-bond donors (Lipinski definition) is 1. The van der Waals surface area contributed by atoms with E-state index >= 15 is 0 Å². The largest absolute Gasteiger partial charge is 0.377 e. The van der Waals surface area contributed by atoms with E-state index in [1.165, 1.54) is 16.9 Å². The van der Waals surface area contributed by atoms with Crippen molar-refractivity contribution in [1.29, 1.82) is 0 Å². The zero-order valence-corrected chi connectivity index (χ0v) is 11.5. The standard InChI is InChI=1S/C12H18ClNOS/c1-12(2,15-3)7-14-9-4-5-10-8(9)6-11(13)16-10/h6,9,14H,4-5,7H2,1-3H3. The molecule has 16 heavy (non-hydrogen) atoms. The zero-order chi connectivity index (χ0) is 11.8. The average Bonchev–Trinajstić information content (AvgIpc) is 2.74. The van der Waals surface area contributed by atoms with Crippen molar-refractivity contribution in [3.05, 3.63) is 20.8 Å². The first-order valence-corrected chi connectivity index (χ1v) is 6.78. The minimum Gasteiger partial charge on any atom is -0.377 e. The summed E-state index contributed by atoms with van der Waals surface area (Å²) < 4.78 is 6.31. The molecule has 1 heterocycles. The minimum absolute atomic E-state index is 0.109. The predicted molar refractivity (Wildman–Crippen MR) is 69.5 cm³/mol. The van der Waals surface area contributed by atoms with Gasteiger partial charge in [0.1, 0.15) is 0 Å². The Kier molecular flexibility index (Phi) is 3.59. The van der Waals surface area contributed by atoms with E-state index in [9.17, 15) is 0 Å². The molecule has 0 saturated heterocycles. The van der Waals surface area contributed by atoms with Crippen LogP contribution in [0.25, 0.3) is 0 Å². The molecule has 1 aromatic heterocycles. The Morgan fingerprint density at radius 1 is 1.62 bits per heavy atom. The molecule has 1 aliphatic carbocycles. The highest BCUT2D eigenvalue weighted by Crippen LogP contribution is 2.39. The van der Waals surface area contributed by atoms with E-state index in [0.717, 1.165) is 17.3 Å². The molecule has 1 unspecified atom stereocenters. The molecule has 0 aromatic carbocycles. The Bertz CT molecular complexity index is 375. The normalized spacial score (nSPS) is 20.1. The summed E-state index contributed by atoms with van der Waals surface area (Å²) in [6.07, 6.45) is 2.33. The molecule has 1 atom stereocenters. The summed E-state index contributed by atoms with van der Waals surface area (Å²) in [5.74, 6) is 0. The lowest BCUT2D eigenvalue weighted by molar-refractivity contribution is 0.0210. The maximum absolute atomic E-state index is 6.03. The lowest BCUT2D eigenvalue weighted by atomic mass is 10.1. The van der Waals surface area contributed by atoms with Crippen LogP contribution in [-0.4, -0.2) is 19.3 Å². The third-order valence-corrected chi connectivity index (χ3v) is 4.51. The van der Waals surface area contributed by atoms with E-state index in [1.807, 2.05) is 0 Å². The maximum atomic E-state index is 6.03. The molecule has 0 bridgehead atoms.